The first-order valence-corrected chi connectivity index (χ1v) is 9.42. The highest BCUT2D eigenvalue weighted by atomic mass is 16.5. The van der Waals surface area contributed by atoms with Crippen LogP contribution in [0.25, 0.3) is 11.3 Å². The monoisotopic (exact) mass is 393 g/mol. The molecule has 0 saturated carbocycles. The van der Waals surface area contributed by atoms with E-state index in [2.05, 4.69) is 20.3 Å². The Labute approximate surface area is 169 Å². The molecule has 29 heavy (non-hydrogen) atoms. The first-order valence-electron chi connectivity index (χ1n) is 9.42. The van der Waals surface area contributed by atoms with Crippen LogP contribution in [0, 0.1) is 0 Å². The summed E-state index contributed by atoms with van der Waals surface area (Å²) in [7, 11) is 3.43. The quantitative estimate of drug-likeness (QED) is 0.718. The Morgan fingerprint density at radius 2 is 2.03 bits per heavy atom. The minimum Gasteiger partial charge on any atom is -0.494 e. The third-order valence-corrected chi connectivity index (χ3v) is 4.79. The molecule has 150 valence electrons. The van der Waals surface area contributed by atoms with E-state index in [1.165, 1.54) is 0 Å². The highest BCUT2D eigenvalue weighted by Gasteiger charge is 2.16. The Bertz CT molecular complexity index is 1010. The fraction of sp³-hybridized carbons (Fsp3) is 0.286. The van der Waals surface area contributed by atoms with Crippen LogP contribution in [-0.2, 0) is 11.8 Å². The maximum absolute atomic E-state index is 12.8. The summed E-state index contributed by atoms with van der Waals surface area (Å²) >= 11 is 0. The van der Waals surface area contributed by atoms with Crippen LogP contribution in [0.15, 0.2) is 48.8 Å². The molecule has 0 atom stereocenters. The second-order valence-electron chi connectivity index (χ2n) is 6.75. The molecule has 1 aliphatic rings. The molecule has 0 radical (unpaired) electrons. The predicted molar refractivity (Wildman–Crippen MR) is 110 cm³/mol. The topological polar surface area (TPSA) is 81.5 Å². The van der Waals surface area contributed by atoms with E-state index in [1.54, 1.807) is 24.1 Å². The molecule has 8 heteroatoms. The van der Waals surface area contributed by atoms with Crippen molar-refractivity contribution in [2.45, 2.75) is 0 Å². The second kappa shape index (κ2) is 8.32. The number of pyridine rings is 1. The Hall–Kier alpha value is -3.39. The van der Waals surface area contributed by atoms with Crippen molar-refractivity contribution in [3.63, 3.8) is 0 Å². The lowest BCUT2D eigenvalue weighted by Gasteiger charge is -2.29. The Kier molecular flexibility index (Phi) is 5.44. The molecule has 1 amide bonds. The van der Waals surface area contributed by atoms with Crippen molar-refractivity contribution in [1.29, 1.82) is 0 Å². The predicted octanol–water partition coefficient (Wildman–Crippen LogP) is 2.58. The summed E-state index contributed by atoms with van der Waals surface area (Å²) in [6, 6.07) is 11.1. The number of ether oxygens (including phenoxy) is 2. The van der Waals surface area contributed by atoms with Crippen molar-refractivity contribution < 1.29 is 14.3 Å². The second-order valence-corrected chi connectivity index (χ2v) is 6.75. The number of benzene rings is 1. The minimum absolute atomic E-state index is 0.298. The van der Waals surface area contributed by atoms with Crippen LogP contribution in [0.1, 0.15) is 10.5 Å². The molecule has 1 aromatic carbocycles. The van der Waals surface area contributed by atoms with Crippen LogP contribution in [0.4, 0.5) is 11.4 Å². The van der Waals surface area contributed by atoms with Gasteiger partial charge in [0.25, 0.3) is 5.91 Å². The molecular formula is C21H23N5O3. The van der Waals surface area contributed by atoms with E-state index in [0.29, 0.717) is 36.0 Å². The van der Waals surface area contributed by atoms with Crippen LogP contribution in [-0.4, -0.2) is 54.1 Å². The molecule has 2 aromatic heterocycles. The fourth-order valence-corrected chi connectivity index (χ4v) is 3.26. The number of hydrogen-bond donors (Lipinski definition) is 1. The average molecular weight is 393 g/mol. The number of rotatable bonds is 5. The number of hydrogen-bond acceptors (Lipinski definition) is 6. The summed E-state index contributed by atoms with van der Waals surface area (Å²) in [5.74, 6) is 0.305. The fourth-order valence-electron chi connectivity index (χ4n) is 3.26. The van der Waals surface area contributed by atoms with E-state index < -0.39 is 0 Å². The average Bonchev–Trinajstić information content (AvgIpc) is 3.21. The van der Waals surface area contributed by atoms with Crippen molar-refractivity contribution in [3.8, 4) is 17.0 Å². The molecule has 1 N–H and O–H groups in total. The number of nitrogens with one attached hydrogen (secondary N) is 1. The van der Waals surface area contributed by atoms with E-state index >= 15 is 0 Å². The molecule has 3 aromatic rings. The van der Waals surface area contributed by atoms with Crippen LogP contribution >= 0.6 is 0 Å². The van der Waals surface area contributed by atoms with Crippen LogP contribution in [0.5, 0.6) is 5.75 Å². The van der Waals surface area contributed by atoms with Gasteiger partial charge in [0.05, 0.1) is 37.9 Å². The number of amides is 1. The molecule has 0 aliphatic carbocycles. The lowest BCUT2D eigenvalue weighted by molar-refractivity contribution is 0.102. The van der Waals surface area contributed by atoms with E-state index in [4.69, 9.17) is 9.47 Å². The minimum atomic E-state index is -0.298. The lowest BCUT2D eigenvalue weighted by Crippen LogP contribution is -2.36. The molecule has 4 rings (SSSR count). The summed E-state index contributed by atoms with van der Waals surface area (Å²) in [4.78, 5) is 19.5. The molecule has 1 aliphatic heterocycles. The van der Waals surface area contributed by atoms with E-state index in [9.17, 15) is 4.79 Å². The van der Waals surface area contributed by atoms with Crippen LogP contribution in [0.2, 0.25) is 0 Å². The Morgan fingerprint density at radius 1 is 1.21 bits per heavy atom. The zero-order valence-electron chi connectivity index (χ0n) is 16.5. The summed E-state index contributed by atoms with van der Waals surface area (Å²) in [6.07, 6.45) is 3.58. The van der Waals surface area contributed by atoms with Gasteiger partial charge in [-0.25, -0.2) is 4.98 Å². The number of aryl methyl sites for hydroxylation is 1. The van der Waals surface area contributed by atoms with E-state index in [0.717, 1.165) is 24.3 Å². The standard InChI is InChI=1S/C21H23N5O3/c1-25-14-15(13-22-25)17-4-3-5-19(23-17)21(27)24-18-7-6-16(12-20(18)28-2)26-8-10-29-11-9-26/h3-7,12-14H,8-11H2,1-2H3,(H,24,27). The molecule has 0 unspecified atom stereocenters. The SMILES string of the molecule is COc1cc(N2CCOCC2)ccc1NC(=O)c1cccc(-c2cnn(C)c2)n1. The van der Waals surface area contributed by atoms with Gasteiger partial charge in [-0.15, -0.1) is 0 Å². The maximum atomic E-state index is 12.8. The van der Waals surface area contributed by atoms with Gasteiger partial charge >= 0.3 is 0 Å². The summed E-state index contributed by atoms with van der Waals surface area (Å²) < 4.78 is 12.6. The first-order chi connectivity index (χ1) is 14.1. The largest absolute Gasteiger partial charge is 0.494 e. The number of morpholine rings is 1. The van der Waals surface area contributed by atoms with Gasteiger partial charge in [0.1, 0.15) is 11.4 Å². The molecule has 1 fully saturated rings. The number of methoxy groups -OCH3 is 1. The molecule has 0 bridgehead atoms. The van der Waals surface area contributed by atoms with Crippen molar-refractivity contribution in [2.24, 2.45) is 7.05 Å². The van der Waals surface area contributed by atoms with Gasteiger partial charge in [-0.05, 0) is 24.3 Å². The Balaban J connectivity index is 1.53. The lowest BCUT2D eigenvalue weighted by atomic mass is 10.2. The number of anilines is 2. The zero-order chi connectivity index (χ0) is 20.2. The van der Waals surface area contributed by atoms with Gasteiger partial charge in [0.2, 0.25) is 0 Å². The summed E-state index contributed by atoms with van der Waals surface area (Å²) in [5, 5.41) is 7.05. The van der Waals surface area contributed by atoms with E-state index in [1.807, 2.05) is 43.6 Å². The van der Waals surface area contributed by atoms with Crippen molar-refractivity contribution in [2.75, 3.05) is 43.6 Å². The maximum Gasteiger partial charge on any atom is 0.274 e. The first kappa shape index (κ1) is 18.9. The van der Waals surface area contributed by atoms with Gasteiger partial charge < -0.3 is 19.7 Å². The number of carbonyl (C=O) groups excluding carboxylic acids is 1. The van der Waals surface area contributed by atoms with Gasteiger partial charge in [0.15, 0.2) is 0 Å². The van der Waals surface area contributed by atoms with Gasteiger partial charge in [-0.2, -0.15) is 5.10 Å². The van der Waals surface area contributed by atoms with Gasteiger partial charge in [-0.1, -0.05) is 6.07 Å². The number of carbonyl (C=O) groups is 1. The van der Waals surface area contributed by atoms with Crippen molar-refractivity contribution in [1.82, 2.24) is 14.8 Å². The molecular weight excluding hydrogens is 370 g/mol. The summed E-state index contributed by atoms with van der Waals surface area (Å²) in [6.45, 7) is 3.08. The highest BCUT2D eigenvalue weighted by molar-refractivity contribution is 6.04. The molecule has 0 spiro atoms. The normalized spacial score (nSPS) is 13.9. The summed E-state index contributed by atoms with van der Waals surface area (Å²) in [5.41, 5.74) is 3.52. The number of aromatic nitrogens is 3. The van der Waals surface area contributed by atoms with Gasteiger partial charge in [-0.3, -0.25) is 9.48 Å². The smallest absolute Gasteiger partial charge is 0.274 e. The van der Waals surface area contributed by atoms with Crippen LogP contribution < -0.4 is 15.0 Å². The third kappa shape index (κ3) is 4.22. The zero-order valence-corrected chi connectivity index (χ0v) is 16.5. The molecule has 3 heterocycles. The molecule has 8 nitrogen and oxygen atoms in total. The number of nitrogens with zero attached hydrogens (tertiary/aromatic N) is 4. The van der Waals surface area contributed by atoms with Crippen molar-refractivity contribution >= 4 is 17.3 Å². The van der Waals surface area contributed by atoms with Crippen molar-refractivity contribution in [3.05, 3.63) is 54.5 Å². The molecule has 1 saturated heterocycles. The Morgan fingerprint density at radius 3 is 2.76 bits per heavy atom. The highest BCUT2D eigenvalue weighted by Crippen LogP contribution is 2.30. The third-order valence-electron chi connectivity index (χ3n) is 4.79. The van der Waals surface area contributed by atoms with E-state index in [-0.39, 0.29) is 5.91 Å². The van der Waals surface area contributed by atoms with Crippen LogP contribution in [0.3, 0.4) is 0 Å². The van der Waals surface area contributed by atoms with Gasteiger partial charge in [0, 0.05) is 43.7 Å².